The van der Waals surface area contributed by atoms with Crippen molar-refractivity contribution in [3.8, 4) is 0 Å². The molecule has 0 spiro atoms. The van der Waals surface area contributed by atoms with Crippen molar-refractivity contribution < 1.29 is 5.11 Å². The average Bonchev–Trinajstić information content (AvgIpc) is 2.25. The summed E-state index contributed by atoms with van der Waals surface area (Å²) in [5, 5.41) is 13.0. The number of aliphatic hydroxyl groups is 1. The lowest BCUT2D eigenvalue weighted by Gasteiger charge is -2.11. The Bertz CT molecular complexity index is 235. The molecule has 0 aliphatic heterocycles. The summed E-state index contributed by atoms with van der Waals surface area (Å²) < 4.78 is 0. The summed E-state index contributed by atoms with van der Waals surface area (Å²) in [4.78, 5) is 0. The number of unbranched alkanes of at least 4 members (excludes halogenated alkanes) is 1. The van der Waals surface area contributed by atoms with Crippen molar-refractivity contribution in [2.75, 3.05) is 13.1 Å². The van der Waals surface area contributed by atoms with Crippen LogP contribution in [0.15, 0.2) is 30.3 Å². The fraction of sp³-hybridized carbons (Fsp3) is 0.500. The van der Waals surface area contributed by atoms with Gasteiger partial charge in [-0.05, 0) is 18.5 Å². The second-order valence-electron chi connectivity index (χ2n) is 3.48. The minimum atomic E-state index is -0.381. The van der Waals surface area contributed by atoms with Gasteiger partial charge in [0.2, 0.25) is 0 Å². The van der Waals surface area contributed by atoms with Crippen LogP contribution < -0.4 is 5.32 Å². The third kappa shape index (κ3) is 3.90. The number of nitrogens with one attached hydrogen (secondary N) is 1. The van der Waals surface area contributed by atoms with Crippen molar-refractivity contribution in [1.82, 2.24) is 5.32 Å². The Morgan fingerprint density at radius 2 is 2.00 bits per heavy atom. The molecule has 2 heteroatoms. The van der Waals surface area contributed by atoms with Crippen molar-refractivity contribution in [2.24, 2.45) is 0 Å². The molecule has 1 rings (SSSR count). The maximum Gasteiger partial charge on any atom is 0.0914 e. The van der Waals surface area contributed by atoms with Gasteiger partial charge in [0.05, 0.1) is 6.10 Å². The quantitative estimate of drug-likeness (QED) is 0.678. The Hall–Kier alpha value is -0.860. The summed E-state index contributed by atoms with van der Waals surface area (Å²) in [7, 11) is 0. The van der Waals surface area contributed by atoms with Crippen molar-refractivity contribution in [3.05, 3.63) is 35.9 Å². The predicted molar refractivity (Wildman–Crippen MR) is 59.2 cm³/mol. The zero-order valence-electron chi connectivity index (χ0n) is 8.74. The first-order valence-electron chi connectivity index (χ1n) is 5.28. The van der Waals surface area contributed by atoms with E-state index >= 15 is 0 Å². The van der Waals surface area contributed by atoms with Crippen LogP contribution in [0.1, 0.15) is 31.4 Å². The Morgan fingerprint density at radius 1 is 1.29 bits per heavy atom. The molecule has 0 bridgehead atoms. The Balaban J connectivity index is 2.25. The first-order valence-corrected chi connectivity index (χ1v) is 5.28. The van der Waals surface area contributed by atoms with Crippen LogP contribution in [-0.2, 0) is 0 Å². The Morgan fingerprint density at radius 3 is 2.64 bits per heavy atom. The average molecular weight is 193 g/mol. The second kappa shape index (κ2) is 6.57. The summed E-state index contributed by atoms with van der Waals surface area (Å²) in [6.45, 7) is 3.79. The van der Waals surface area contributed by atoms with Crippen LogP contribution in [0.2, 0.25) is 0 Å². The fourth-order valence-corrected chi connectivity index (χ4v) is 1.33. The highest BCUT2D eigenvalue weighted by molar-refractivity contribution is 5.17. The van der Waals surface area contributed by atoms with E-state index in [-0.39, 0.29) is 6.10 Å². The number of hydrogen-bond acceptors (Lipinski definition) is 2. The number of benzene rings is 1. The van der Waals surface area contributed by atoms with E-state index in [2.05, 4.69) is 12.2 Å². The minimum Gasteiger partial charge on any atom is -0.387 e. The topological polar surface area (TPSA) is 32.3 Å². The molecule has 2 N–H and O–H groups in total. The molecular weight excluding hydrogens is 174 g/mol. The van der Waals surface area contributed by atoms with E-state index in [0.717, 1.165) is 12.1 Å². The molecule has 0 amide bonds. The summed E-state index contributed by atoms with van der Waals surface area (Å²) in [5.41, 5.74) is 0.983. The molecule has 0 aromatic heterocycles. The first kappa shape index (κ1) is 11.2. The molecule has 0 aliphatic rings. The second-order valence-corrected chi connectivity index (χ2v) is 3.48. The molecule has 1 aromatic carbocycles. The molecule has 0 radical (unpaired) electrons. The van der Waals surface area contributed by atoms with Gasteiger partial charge >= 0.3 is 0 Å². The summed E-state index contributed by atoms with van der Waals surface area (Å²) in [5.74, 6) is 0. The van der Waals surface area contributed by atoms with Gasteiger partial charge < -0.3 is 10.4 Å². The molecule has 1 atom stereocenters. The van der Waals surface area contributed by atoms with Crippen LogP contribution >= 0.6 is 0 Å². The highest BCUT2D eigenvalue weighted by Crippen LogP contribution is 2.10. The minimum absolute atomic E-state index is 0.381. The zero-order valence-corrected chi connectivity index (χ0v) is 8.74. The van der Waals surface area contributed by atoms with Crippen molar-refractivity contribution in [2.45, 2.75) is 25.9 Å². The third-order valence-electron chi connectivity index (χ3n) is 2.23. The lowest BCUT2D eigenvalue weighted by atomic mass is 10.1. The molecule has 0 fully saturated rings. The van der Waals surface area contributed by atoms with Gasteiger partial charge in [0.1, 0.15) is 0 Å². The molecule has 0 heterocycles. The van der Waals surface area contributed by atoms with Crippen LogP contribution in [0, 0.1) is 0 Å². The van der Waals surface area contributed by atoms with E-state index in [4.69, 9.17) is 0 Å². The number of hydrogen-bond donors (Lipinski definition) is 2. The SMILES string of the molecule is CCCCNC[C@H](O)c1ccccc1. The zero-order chi connectivity index (χ0) is 10.2. The highest BCUT2D eigenvalue weighted by atomic mass is 16.3. The van der Waals surface area contributed by atoms with Crippen LogP contribution in [0.5, 0.6) is 0 Å². The molecular formula is C12H19NO. The summed E-state index contributed by atoms with van der Waals surface area (Å²) >= 11 is 0. The standard InChI is InChI=1S/C12H19NO/c1-2-3-9-13-10-12(14)11-7-5-4-6-8-11/h4-8,12-14H,2-3,9-10H2,1H3/t12-/m0/s1. The third-order valence-corrected chi connectivity index (χ3v) is 2.23. The number of aliphatic hydroxyl groups excluding tert-OH is 1. The largest absolute Gasteiger partial charge is 0.387 e. The van der Waals surface area contributed by atoms with E-state index in [9.17, 15) is 5.11 Å². The van der Waals surface area contributed by atoms with Crippen molar-refractivity contribution in [3.63, 3.8) is 0 Å². The first-order chi connectivity index (χ1) is 6.84. The summed E-state index contributed by atoms with van der Waals surface area (Å²) in [6.07, 6.45) is 1.98. The Kier molecular flexibility index (Phi) is 5.27. The van der Waals surface area contributed by atoms with Crippen LogP contribution in [0.4, 0.5) is 0 Å². The molecule has 14 heavy (non-hydrogen) atoms. The van der Waals surface area contributed by atoms with Gasteiger partial charge in [0.25, 0.3) is 0 Å². The van der Waals surface area contributed by atoms with Gasteiger partial charge in [-0.2, -0.15) is 0 Å². The smallest absolute Gasteiger partial charge is 0.0914 e. The molecule has 0 saturated carbocycles. The molecule has 1 aromatic rings. The molecule has 0 aliphatic carbocycles. The van der Waals surface area contributed by atoms with Crippen LogP contribution in [0.25, 0.3) is 0 Å². The van der Waals surface area contributed by atoms with Gasteiger partial charge in [-0.3, -0.25) is 0 Å². The monoisotopic (exact) mass is 193 g/mol. The molecule has 0 unspecified atom stereocenters. The molecule has 0 saturated heterocycles. The highest BCUT2D eigenvalue weighted by Gasteiger charge is 2.04. The summed E-state index contributed by atoms with van der Waals surface area (Å²) in [6, 6.07) is 9.76. The van der Waals surface area contributed by atoms with Gasteiger partial charge in [-0.1, -0.05) is 43.7 Å². The lowest BCUT2D eigenvalue weighted by molar-refractivity contribution is 0.175. The maximum atomic E-state index is 9.76. The molecule has 78 valence electrons. The predicted octanol–water partition coefficient (Wildman–Crippen LogP) is 2.11. The van der Waals surface area contributed by atoms with Crippen LogP contribution in [0.3, 0.4) is 0 Å². The number of rotatable bonds is 6. The fourth-order valence-electron chi connectivity index (χ4n) is 1.33. The molecule has 2 nitrogen and oxygen atoms in total. The van der Waals surface area contributed by atoms with Crippen LogP contribution in [-0.4, -0.2) is 18.2 Å². The Labute approximate surface area is 86.0 Å². The lowest BCUT2D eigenvalue weighted by Crippen LogP contribution is -2.22. The normalized spacial score (nSPS) is 12.7. The van der Waals surface area contributed by atoms with Crippen molar-refractivity contribution in [1.29, 1.82) is 0 Å². The van der Waals surface area contributed by atoms with E-state index in [1.165, 1.54) is 12.8 Å². The maximum absolute atomic E-state index is 9.76. The van der Waals surface area contributed by atoms with E-state index in [1.807, 2.05) is 30.3 Å². The van der Waals surface area contributed by atoms with Gasteiger partial charge in [-0.15, -0.1) is 0 Å². The van der Waals surface area contributed by atoms with E-state index < -0.39 is 0 Å². The van der Waals surface area contributed by atoms with E-state index in [0.29, 0.717) is 6.54 Å². The van der Waals surface area contributed by atoms with Gasteiger partial charge in [0, 0.05) is 6.54 Å². The van der Waals surface area contributed by atoms with Gasteiger partial charge in [0.15, 0.2) is 0 Å². The van der Waals surface area contributed by atoms with Gasteiger partial charge in [-0.25, -0.2) is 0 Å². The van der Waals surface area contributed by atoms with Crippen molar-refractivity contribution >= 4 is 0 Å². The van der Waals surface area contributed by atoms with E-state index in [1.54, 1.807) is 0 Å².